The van der Waals surface area contributed by atoms with Crippen molar-refractivity contribution in [1.82, 2.24) is 10.3 Å². The van der Waals surface area contributed by atoms with Gasteiger partial charge >= 0.3 is 0 Å². The van der Waals surface area contributed by atoms with Crippen molar-refractivity contribution in [2.45, 2.75) is 5.03 Å². The standard InChI is InChI=1S/C18H13N7O3S/c1-25-15(18(27)28-24-25)14-11(7-19)16(21)23-17(12(14)8-20)29-9-13(26)22-10-5-3-2-4-6-10/h2-6H,9H2,1H3,(H3-,21,22,23,24,26,27). The van der Waals surface area contributed by atoms with Gasteiger partial charge in [0.05, 0.1) is 22.2 Å². The van der Waals surface area contributed by atoms with E-state index in [1.807, 2.05) is 18.2 Å². The van der Waals surface area contributed by atoms with Crippen LogP contribution in [0.1, 0.15) is 11.1 Å². The Morgan fingerprint density at radius 1 is 1.31 bits per heavy atom. The van der Waals surface area contributed by atoms with Crippen molar-refractivity contribution in [3.63, 3.8) is 0 Å². The summed E-state index contributed by atoms with van der Waals surface area (Å²) in [4.78, 5) is 16.3. The summed E-state index contributed by atoms with van der Waals surface area (Å²) in [5.74, 6) is -1.39. The van der Waals surface area contributed by atoms with Gasteiger partial charge in [0.25, 0.3) is 5.69 Å². The fraction of sp³-hybridized carbons (Fsp3) is 0.111. The number of hydrogen-bond acceptors (Lipinski definition) is 9. The van der Waals surface area contributed by atoms with E-state index in [-0.39, 0.29) is 44.9 Å². The van der Waals surface area contributed by atoms with Crippen molar-refractivity contribution in [2.75, 3.05) is 16.8 Å². The predicted octanol–water partition coefficient (Wildman–Crippen LogP) is 0.691. The lowest BCUT2D eigenvalue weighted by Crippen LogP contribution is -2.32. The Kier molecular flexibility index (Phi) is 5.62. The van der Waals surface area contributed by atoms with Crippen LogP contribution in [0, 0.1) is 22.7 Å². The summed E-state index contributed by atoms with van der Waals surface area (Å²) < 4.78 is 5.71. The zero-order valence-corrected chi connectivity index (χ0v) is 15.9. The Hall–Kier alpha value is -4.09. The number of aryl methyl sites for hydroxylation is 1. The molecule has 144 valence electrons. The number of hydrogen-bond donors (Lipinski definition) is 2. The fourth-order valence-corrected chi connectivity index (χ4v) is 3.37. The molecule has 2 aromatic heterocycles. The summed E-state index contributed by atoms with van der Waals surface area (Å²) in [5, 5.41) is 37.5. The number of rotatable bonds is 5. The molecule has 10 nitrogen and oxygen atoms in total. The van der Waals surface area contributed by atoms with Crippen LogP contribution < -0.4 is 20.8 Å². The quantitative estimate of drug-likeness (QED) is 0.456. The van der Waals surface area contributed by atoms with Gasteiger partial charge in [-0.1, -0.05) is 34.6 Å². The van der Waals surface area contributed by atoms with Crippen LogP contribution in [0.15, 0.2) is 39.9 Å². The molecule has 0 unspecified atom stereocenters. The van der Waals surface area contributed by atoms with Gasteiger partial charge in [0.2, 0.25) is 5.91 Å². The first-order chi connectivity index (χ1) is 14.0. The van der Waals surface area contributed by atoms with Gasteiger partial charge < -0.3 is 20.7 Å². The molecular formula is C18H13N7O3S. The minimum Gasteiger partial charge on any atom is -0.539 e. The Labute approximate surface area is 169 Å². The van der Waals surface area contributed by atoms with Crippen LogP contribution in [0.4, 0.5) is 11.5 Å². The van der Waals surface area contributed by atoms with E-state index in [1.54, 1.807) is 24.3 Å². The molecule has 0 aliphatic rings. The molecule has 0 bridgehead atoms. The number of anilines is 2. The first-order valence-electron chi connectivity index (χ1n) is 8.11. The third-order valence-electron chi connectivity index (χ3n) is 3.81. The number of nitrogens with zero attached hydrogens (tertiary/aromatic N) is 5. The summed E-state index contributed by atoms with van der Waals surface area (Å²) >= 11 is 0.958. The van der Waals surface area contributed by atoms with Gasteiger partial charge in [-0.3, -0.25) is 4.79 Å². The summed E-state index contributed by atoms with van der Waals surface area (Å²) in [5.41, 5.74) is 6.15. The number of nitriles is 2. The molecule has 0 fully saturated rings. The lowest BCUT2D eigenvalue weighted by Gasteiger charge is -2.11. The van der Waals surface area contributed by atoms with Gasteiger partial charge in [0.15, 0.2) is 13.0 Å². The molecule has 0 radical (unpaired) electrons. The van der Waals surface area contributed by atoms with E-state index in [2.05, 4.69) is 20.1 Å². The number of benzene rings is 1. The molecule has 3 N–H and O–H groups in total. The van der Waals surface area contributed by atoms with E-state index in [0.717, 1.165) is 16.4 Å². The van der Waals surface area contributed by atoms with Crippen LogP contribution in [0.3, 0.4) is 0 Å². The number of nitrogens with two attached hydrogens (primary N) is 1. The van der Waals surface area contributed by atoms with Gasteiger partial charge in [-0.25, -0.2) is 4.98 Å². The molecule has 29 heavy (non-hydrogen) atoms. The number of carbonyl (C=O) groups is 1. The molecular weight excluding hydrogens is 394 g/mol. The highest BCUT2D eigenvalue weighted by molar-refractivity contribution is 8.00. The fourth-order valence-electron chi connectivity index (χ4n) is 2.57. The topological polar surface area (TPSA) is 169 Å². The maximum absolute atomic E-state index is 12.2. The number of nitrogen functional groups attached to an aromatic ring is 1. The van der Waals surface area contributed by atoms with E-state index in [9.17, 15) is 20.4 Å². The Balaban J connectivity index is 1.97. The van der Waals surface area contributed by atoms with Crippen molar-refractivity contribution < 1.29 is 19.1 Å². The molecule has 11 heteroatoms. The first-order valence-corrected chi connectivity index (χ1v) is 9.09. The van der Waals surface area contributed by atoms with Crippen molar-refractivity contribution >= 4 is 29.2 Å². The molecule has 0 atom stereocenters. The van der Waals surface area contributed by atoms with Crippen LogP contribution in [-0.2, 0) is 11.8 Å². The first kappa shape index (κ1) is 19.7. The number of amides is 1. The Morgan fingerprint density at radius 3 is 2.59 bits per heavy atom. The lowest BCUT2D eigenvalue weighted by molar-refractivity contribution is -0.730. The molecule has 2 heterocycles. The molecule has 0 saturated carbocycles. The van der Waals surface area contributed by atoms with Crippen LogP contribution in [-0.4, -0.2) is 21.9 Å². The molecule has 3 rings (SSSR count). The SMILES string of the molecule is C[n+]1noc([O-])c1-c1c(C#N)c(N)nc(SCC(=O)Nc2ccccc2)c1C#N. The van der Waals surface area contributed by atoms with Crippen molar-refractivity contribution in [3.8, 4) is 29.3 Å². The highest BCUT2D eigenvalue weighted by atomic mass is 32.2. The van der Waals surface area contributed by atoms with E-state index in [4.69, 9.17) is 5.73 Å². The minimum absolute atomic E-state index is 0.0257. The van der Waals surface area contributed by atoms with Gasteiger partial charge in [-0.05, 0) is 12.1 Å². The molecule has 0 aliphatic heterocycles. The zero-order valence-electron chi connectivity index (χ0n) is 15.0. The third-order valence-corrected chi connectivity index (χ3v) is 4.79. The monoisotopic (exact) mass is 407 g/mol. The number of pyridine rings is 1. The van der Waals surface area contributed by atoms with Crippen molar-refractivity contribution in [2.24, 2.45) is 7.05 Å². The summed E-state index contributed by atoms with van der Waals surface area (Å²) in [7, 11) is 1.43. The second-order valence-corrected chi connectivity index (χ2v) is 6.65. The second-order valence-electron chi connectivity index (χ2n) is 5.69. The van der Waals surface area contributed by atoms with E-state index in [0.29, 0.717) is 5.69 Å². The third kappa shape index (κ3) is 3.95. The summed E-state index contributed by atoms with van der Waals surface area (Å²) in [6.45, 7) is 0. The zero-order chi connectivity index (χ0) is 21.0. The Bertz CT molecular complexity index is 1140. The van der Waals surface area contributed by atoms with E-state index < -0.39 is 5.95 Å². The number of carbonyl (C=O) groups excluding carboxylic acids is 1. The van der Waals surface area contributed by atoms with Crippen molar-refractivity contribution in [1.29, 1.82) is 10.5 Å². The number of thioether (sulfide) groups is 1. The number of para-hydroxylation sites is 1. The van der Waals surface area contributed by atoms with E-state index >= 15 is 0 Å². The predicted molar refractivity (Wildman–Crippen MR) is 100.0 cm³/mol. The molecule has 1 aromatic carbocycles. The average molecular weight is 407 g/mol. The second kappa shape index (κ2) is 8.29. The normalized spacial score (nSPS) is 10.2. The van der Waals surface area contributed by atoms with Crippen LogP contribution >= 0.6 is 11.8 Å². The maximum Gasteiger partial charge on any atom is 0.266 e. The van der Waals surface area contributed by atoms with Gasteiger partial charge in [-0.15, -0.1) is 0 Å². The van der Waals surface area contributed by atoms with E-state index in [1.165, 1.54) is 7.05 Å². The highest BCUT2D eigenvalue weighted by Gasteiger charge is 2.29. The van der Waals surface area contributed by atoms with Crippen LogP contribution in [0.25, 0.3) is 11.3 Å². The largest absolute Gasteiger partial charge is 0.539 e. The van der Waals surface area contributed by atoms with Crippen LogP contribution in [0.5, 0.6) is 5.95 Å². The van der Waals surface area contributed by atoms with Crippen LogP contribution in [0.2, 0.25) is 0 Å². The minimum atomic E-state index is -0.830. The van der Waals surface area contributed by atoms with Gasteiger partial charge in [-0.2, -0.15) is 10.5 Å². The molecule has 0 spiro atoms. The Morgan fingerprint density at radius 2 is 2.00 bits per heavy atom. The molecule has 3 aromatic rings. The number of aromatic nitrogens is 3. The number of nitrogens with one attached hydrogen (secondary N) is 1. The molecule has 1 amide bonds. The maximum atomic E-state index is 12.2. The van der Waals surface area contributed by atoms with Gasteiger partial charge in [0, 0.05) is 5.69 Å². The summed E-state index contributed by atoms with van der Waals surface area (Å²) in [6.07, 6.45) is 0. The van der Waals surface area contributed by atoms with Gasteiger partial charge in [0.1, 0.15) is 28.5 Å². The van der Waals surface area contributed by atoms with Crippen molar-refractivity contribution in [3.05, 3.63) is 41.5 Å². The molecule has 0 saturated heterocycles. The highest BCUT2D eigenvalue weighted by Crippen LogP contribution is 2.36. The summed E-state index contributed by atoms with van der Waals surface area (Å²) in [6, 6.07) is 12.7. The smallest absolute Gasteiger partial charge is 0.266 e. The average Bonchev–Trinajstić information content (AvgIpc) is 3.04. The lowest BCUT2D eigenvalue weighted by atomic mass is 10.0. The molecule has 0 aliphatic carbocycles.